The number of hydrogen-bond donors (Lipinski definition) is 0. The highest BCUT2D eigenvalue weighted by atomic mass is 16.2. The summed E-state index contributed by atoms with van der Waals surface area (Å²) in [7, 11) is 0. The minimum Gasteiger partial charge on any atom is -0.342 e. The molecule has 0 unspecified atom stereocenters. The molecule has 1 aromatic rings. The predicted molar refractivity (Wildman–Crippen MR) is 110 cm³/mol. The Labute approximate surface area is 172 Å². The van der Waals surface area contributed by atoms with Crippen molar-refractivity contribution in [1.29, 1.82) is 0 Å². The van der Waals surface area contributed by atoms with E-state index in [0.29, 0.717) is 44.9 Å². The highest BCUT2D eigenvalue weighted by molar-refractivity contribution is 5.80. The molecular formula is C23H31N3O3. The van der Waals surface area contributed by atoms with Crippen molar-refractivity contribution in [2.75, 3.05) is 32.7 Å². The first kappa shape index (κ1) is 19.9. The molecule has 6 heteroatoms. The molecule has 0 saturated carbocycles. The Kier molecular flexibility index (Phi) is 5.61. The zero-order chi connectivity index (χ0) is 20.5. The fourth-order valence-electron chi connectivity index (χ4n) is 5.38. The highest BCUT2D eigenvalue weighted by Crippen LogP contribution is 2.45. The summed E-state index contributed by atoms with van der Waals surface area (Å²) >= 11 is 0. The molecule has 3 atom stereocenters. The van der Waals surface area contributed by atoms with Crippen molar-refractivity contribution in [3.05, 3.63) is 35.4 Å². The second-order valence-corrected chi connectivity index (χ2v) is 8.78. The molecule has 0 aromatic heterocycles. The van der Waals surface area contributed by atoms with Gasteiger partial charge in [-0.25, -0.2) is 0 Å². The fourth-order valence-corrected chi connectivity index (χ4v) is 5.38. The van der Waals surface area contributed by atoms with Gasteiger partial charge in [0.1, 0.15) is 0 Å². The van der Waals surface area contributed by atoms with E-state index in [2.05, 4.69) is 19.1 Å². The van der Waals surface area contributed by atoms with Gasteiger partial charge in [-0.05, 0) is 30.9 Å². The Hall–Kier alpha value is -2.37. The van der Waals surface area contributed by atoms with Crippen molar-refractivity contribution in [3.63, 3.8) is 0 Å². The van der Waals surface area contributed by atoms with Gasteiger partial charge in [-0.1, -0.05) is 24.3 Å². The van der Waals surface area contributed by atoms with Gasteiger partial charge < -0.3 is 14.7 Å². The van der Waals surface area contributed by atoms with Crippen LogP contribution < -0.4 is 0 Å². The van der Waals surface area contributed by atoms with Crippen LogP contribution in [0.2, 0.25) is 0 Å². The van der Waals surface area contributed by atoms with E-state index in [4.69, 9.17) is 0 Å². The molecule has 3 saturated heterocycles. The first-order valence-corrected chi connectivity index (χ1v) is 10.8. The molecule has 156 valence electrons. The molecule has 0 radical (unpaired) electrons. The monoisotopic (exact) mass is 397 g/mol. The zero-order valence-electron chi connectivity index (χ0n) is 17.5. The van der Waals surface area contributed by atoms with E-state index in [1.54, 1.807) is 6.92 Å². The number of hydrogen-bond acceptors (Lipinski definition) is 3. The summed E-state index contributed by atoms with van der Waals surface area (Å²) in [6, 6.07) is 8.30. The fraction of sp³-hybridized carbons (Fsp3) is 0.609. The topological polar surface area (TPSA) is 60.9 Å². The van der Waals surface area contributed by atoms with Gasteiger partial charge in [-0.3, -0.25) is 14.4 Å². The van der Waals surface area contributed by atoms with Crippen LogP contribution in [0, 0.1) is 18.8 Å². The second kappa shape index (κ2) is 8.17. The van der Waals surface area contributed by atoms with Crippen molar-refractivity contribution in [1.82, 2.24) is 14.7 Å². The Bertz CT molecular complexity index is 808. The summed E-state index contributed by atoms with van der Waals surface area (Å²) in [5, 5.41) is 0. The predicted octanol–water partition coefficient (Wildman–Crippen LogP) is 2.38. The first-order chi connectivity index (χ1) is 14.0. The summed E-state index contributed by atoms with van der Waals surface area (Å²) in [6.45, 7) is 7.17. The van der Waals surface area contributed by atoms with Crippen molar-refractivity contribution >= 4 is 17.7 Å². The van der Waals surface area contributed by atoms with E-state index >= 15 is 0 Å². The van der Waals surface area contributed by atoms with E-state index < -0.39 is 0 Å². The average molecular weight is 398 g/mol. The van der Waals surface area contributed by atoms with Crippen LogP contribution in [-0.4, -0.2) is 65.1 Å². The van der Waals surface area contributed by atoms with Crippen molar-refractivity contribution in [3.8, 4) is 0 Å². The third-order valence-corrected chi connectivity index (χ3v) is 6.95. The molecule has 0 bridgehead atoms. The van der Waals surface area contributed by atoms with Crippen LogP contribution in [0.15, 0.2) is 24.3 Å². The van der Waals surface area contributed by atoms with Crippen LogP contribution in [0.25, 0.3) is 0 Å². The van der Waals surface area contributed by atoms with Gasteiger partial charge in [-0.15, -0.1) is 0 Å². The third-order valence-electron chi connectivity index (χ3n) is 6.95. The molecule has 3 heterocycles. The summed E-state index contributed by atoms with van der Waals surface area (Å²) in [6.07, 6.45) is 3.01. The molecule has 0 aliphatic carbocycles. The lowest BCUT2D eigenvalue weighted by Crippen LogP contribution is -2.40. The Morgan fingerprint density at radius 1 is 1.10 bits per heavy atom. The number of benzene rings is 1. The van der Waals surface area contributed by atoms with Gasteiger partial charge in [-0.2, -0.15) is 0 Å². The van der Waals surface area contributed by atoms with Crippen LogP contribution >= 0.6 is 0 Å². The molecular weight excluding hydrogens is 366 g/mol. The molecule has 1 aromatic carbocycles. The molecule has 3 amide bonds. The number of carbonyl (C=O) groups is 3. The number of aryl methyl sites for hydroxylation is 1. The van der Waals surface area contributed by atoms with Crippen LogP contribution in [0.5, 0.6) is 0 Å². The summed E-state index contributed by atoms with van der Waals surface area (Å²) < 4.78 is 0. The highest BCUT2D eigenvalue weighted by Gasteiger charge is 2.49. The molecule has 0 N–H and O–H groups in total. The Morgan fingerprint density at radius 2 is 1.90 bits per heavy atom. The van der Waals surface area contributed by atoms with E-state index in [9.17, 15) is 14.4 Å². The van der Waals surface area contributed by atoms with Crippen LogP contribution in [-0.2, 0) is 14.4 Å². The summed E-state index contributed by atoms with van der Waals surface area (Å²) in [5.41, 5.74) is 2.39. The molecule has 0 spiro atoms. The lowest BCUT2D eigenvalue weighted by atomic mass is 9.87. The minimum atomic E-state index is 0.0418. The Morgan fingerprint density at radius 3 is 2.62 bits per heavy atom. The van der Waals surface area contributed by atoms with Crippen molar-refractivity contribution in [2.45, 2.75) is 45.6 Å². The van der Waals surface area contributed by atoms with Gasteiger partial charge in [0.2, 0.25) is 17.7 Å². The lowest BCUT2D eigenvalue weighted by Gasteiger charge is -2.31. The number of nitrogens with zero attached hydrogens (tertiary/aromatic N) is 3. The van der Waals surface area contributed by atoms with E-state index in [1.165, 1.54) is 11.1 Å². The number of likely N-dealkylation sites (tertiary alicyclic amines) is 3. The van der Waals surface area contributed by atoms with E-state index in [1.807, 2.05) is 26.8 Å². The first-order valence-electron chi connectivity index (χ1n) is 10.8. The minimum absolute atomic E-state index is 0.0418. The van der Waals surface area contributed by atoms with Crippen LogP contribution in [0.3, 0.4) is 0 Å². The number of amides is 3. The molecule has 6 nitrogen and oxygen atoms in total. The van der Waals surface area contributed by atoms with Gasteiger partial charge in [0.15, 0.2) is 0 Å². The SMILES string of the molecule is CC(=O)N1C[C@H]2CN(C(=O)CCN3CCCCC3=O)C[C@H]2[C@@H]1c1ccccc1C. The van der Waals surface area contributed by atoms with Crippen molar-refractivity contribution < 1.29 is 14.4 Å². The molecule has 4 rings (SSSR count). The maximum absolute atomic E-state index is 12.9. The second-order valence-electron chi connectivity index (χ2n) is 8.78. The third kappa shape index (κ3) is 3.89. The summed E-state index contributed by atoms with van der Waals surface area (Å²) in [4.78, 5) is 42.9. The van der Waals surface area contributed by atoms with Gasteiger partial charge in [0.25, 0.3) is 0 Å². The van der Waals surface area contributed by atoms with E-state index in [0.717, 1.165) is 19.4 Å². The van der Waals surface area contributed by atoms with Gasteiger partial charge in [0, 0.05) is 64.3 Å². The number of rotatable bonds is 4. The van der Waals surface area contributed by atoms with Crippen LogP contribution in [0.1, 0.15) is 49.8 Å². The van der Waals surface area contributed by atoms with Gasteiger partial charge in [0.05, 0.1) is 6.04 Å². The number of fused-ring (bicyclic) bond motifs is 1. The number of carbonyl (C=O) groups excluding carboxylic acids is 3. The normalized spacial score (nSPS) is 26.8. The van der Waals surface area contributed by atoms with Crippen LogP contribution in [0.4, 0.5) is 0 Å². The summed E-state index contributed by atoms with van der Waals surface area (Å²) in [5.74, 6) is 1.02. The quantitative estimate of drug-likeness (QED) is 0.784. The average Bonchev–Trinajstić information content (AvgIpc) is 3.26. The molecule has 3 aliphatic rings. The van der Waals surface area contributed by atoms with Crippen molar-refractivity contribution in [2.24, 2.45) is 11.8 Å². The maximum atomic E-state index is 12.9. The van der Waals surface area contributed by atoms with Gasteiger partial charge >= 0.3 is 0 Å². The molecule has 3 fully saturated rings. The maximum Gasteiger partial charge on any atom is 0.224 e. The smallest absolute Gasteiger partial charge is 0.224 e. The number of piperidine rings is 1. The van der Waals surface area contributed by atoms with E-state index in [-0.39, 0.29) is 29.7 Å². The standard InChI is InChI=1S/C23H31N3O3/c1-16-7-3-4-8-19(16)23-20-15-25(13-18(20)14-26(23)17(2)27)22(29)10-12-24-11-6-5-9-21(24)28/h3-4,7-8,18,20,23H,5-6,9-15H2,1-2H3/t18-,20-,23+/m1/s1. The molecule has 29 heavy (non-hydrogen) atoms. The molecule has 3 aliphatic heterocycles. The zero-order valence-corrected chi connectivity index (χ0v) is 17.5. The lowest BCUT2D eigenvalue weighted by molar-refractivity contribution is -0.135. The largest absolute Gasteiger partial charge is 0.342 e. The Balaban J connectivity index is 1.43.